The van der Waals surface area contributed by atoms with Gasteiger partial charge in [-0.1, -0.05) is 30.3 Å². The standard InChI is InChI=1S/C26H19N3O7/c1-15-6-2-3-10-20(15)27-14-16(12-22(27)30)26(33)36-18-8-4-7-17(13-18)28-24(31)19-9-5-11-21(29(34)35)23(19)25(28)32/h2-11,13,16H,12,14H2,1H3/t16-/m1/s1. The maximum Gasteiger partial charge on any atom is 0.316 e. The van der Waals surface area contributed by atoms with Gasteiger partial charge in [-0.3, -0.25) is 29.3 Å². The quantitative estimate of drug-likeness (QED) is 0.177. The number of benzene rings is 3. The summed E-state index contributed by atoms with van der Waals surface area (Å²) in [4.78, 5) is 64.3. The van der Waals surface area contributed by atoms with Crippen molar-refractivity contribution in [3.05, 3.63) is 93.5 Å². The summed E-state index contributed by atoms with van der Waals surface area (Å²) >= 11 is 0. The fourth-order valence-electron chi connectivity index (χ4n) is 4.50. The molecule has 0 spiro atoms. The molecule has 1 saturated heterocycles. The number of nitrogens with zero attached hydrogens (tertiary/aromatic N) is 3. The maximum atomic E-state index is 13.0. The third-order valence-corrected chi connectivity index (χ3v) is 6.25. The number of esters is 1. The first kappa shape index (κ1) is 22.9. The minimum Gasteiger partial charge on any atom is -0.426 e. The fourth-order valence-corrected chi connectivity index (χ4v) is 4.50. The normalized spacial score (nSPS) is 16.9. The molecule has 10 heteroatoms. The van der Waals surface area contributed by atoms with E-state index in [1.807, 2.05) is 31.2 Å². The van der Waals surface area contributed by atoms with Gasteiger partial charge in [0, 0.05) is 30.8 Å². The molecule has 1 fully saturated rings. The van der Waals surface area contributed by atoms with Crippen molar-refractivity contribution in [1.82, 2.24) is 0 Å². The van der Waals surface area contributed by atoms with Crippen molar-refractivity contribution < 1.29 is 28.8 Å². The van der Waals surface area contributed by atoms with Gasteiger partial charge in [0.05, 0.1) is 22.1 Å². The van der Waals surface area contributed by atoms with E-state index in [0.717, 1.165) is 22.2 Å². The third-order valence-electron chi connectivity index (χ3n) is 6.25. The number of anilines is 2. The van der Waals surface area contributed by atoms with Crippen LogP contribution in [0, 0.1) is 23.0 Å². The van der Waals surface area contributed by atoms with Crippen molar-refractivity contribution in [2.45, 2.75) is 13.3 Å². The summed E-state index contributed by atoms with van der Waals surface area (Å²) in [5, 5.41) is 11.4. The molecule has 180 valence electrons. The first-order valence-corrected chi connectivity index (χ1v) is 11.1. The third kappa shape index (κ3) is 3.78. The molecule has 0 N–H and O–H groups in total. The van der Waals surface area contributed by atoms with Gasteiger partial charge in [0.15, 0.2) is 0 Å². The van der Waals surface area contributed by atoms with Gasteiger partial charge < -0.3 is 9.64 Å². The Morgan fingerprint density at radius 2 is 1.75 bits per heavy atom. The average Bonchev–Trinajstić information content (AvgIpc) is 3.36. The van der Waals surface area contributed by atoms with Crippen LogP contribution in [0.3, 0.4) is 0 Å². The van der Waals surface area contributed by atoms with Gasteiger partial charge in [0.1, 0.15) is 11.3 Å². The highest BCUT2D eigenvalue weighted by atomic mass is 16.6. The van der Waals surface area contributed by atoms with Gasteiger partial charge in [0.25, 0.3) is 17.5 Å². The van der Waals surface area contributed by atoms with E-state index in [1.165, 1.54) is 36.4 Å². The Kier molecular flexibility index (Phi) is 5.56. The second-order valence-electron chi connectivity index (χ2n) is 8.51. The van der Waals surface area contributed by atoms with E-state index < -0.39 is 34.3 Å². The first-order valence-electron chi connectivity index (χ1n) is 11.1. The Bertz CT molecular complexity index is 1470. The van der Waals surface area contributed by atoms with Gasteiger partial charge in [-0.05, 0) is 36.8 Å². The highest BCUT2D eigenvalue weighted by Gasteiger charge is 2.42. The number of carbonyl (C=O) groups is 4. The van der Waals surface area contributed by atoms with Crippen LogP contribution in [0.25, 0.3) is 0 Å². The number of nitro benzene ring substituents is 1. The van der Waals surface area contributed by atoms with Crippen LogP contribution < -0.4 is 14.5 Å². The number of carbonyl (C=O) groups excluding carboxylic acids is 4. The zero-order valence-corrected chi connectivity index (χ0v) is 19.0. The predicted octanol–water partition coefficient (Wildman–Crippen LogP) is 3.66. The van der Waals surface area contributed by atoms with E-state index in [-0.39, 0.29) is 41.4 Å². The number of amides is 3. The highest BCUT2D eigenvalue weighted by Crippen LogP contribution is 2.35. The van der Waals surface area contributed by atoms with E-state index in [2.05, 4.69) is 0 Å². The Hall–Kier alpha value is -4.86. The molecule has 3 amide bonds. The predicted molar refractivity (Wildman–Crippen MR) is 128 cm³/mol. The summed E-state index contributed by atoms with van der Waals surface area (Å²) in [6, 6.07) is 17.0. The SMILES string of the molecule is Cc1ccccc1N1C[C@H](C(=O)Oc2cccc(N3C(=O)c4cccc([N+](=O)[O-])c4C3=O)c2)CC1=O. The fraction of sp³-hybridized carbons (Fsp3) is 0.154. The molecule has 10 nitrogen and oxygen atoms in total. The number of rotatable bonds is 5. The molecule has 5 rings (SSSR count). The minimum absolute atomic E-state index is 0.00503. The van der Waals surface area contributed by atoms with Crippen molar-refractivity contribution in [1.29, 1.82) is 0 Å². The lowest BCUT2D eigenvalue weighted by molar-refractivity contribution is -0.385. The van der Waals surface area contributed by atoms with Crippen LogP contribution in [0.5, 0.6) is 5.75 Å². The molecule has 2 aliphatic rings. The van der Waals surface area contributed by atoms with Crippen LogP contribution in [0.15, 0.2) is 66.7 Å². The Labute approximate surface area is 204 Å². The summed E-state index contributed by atoms with van der Waals surface area (Å²) in [6.07, 6.45) is -0.00503. The van der Waals surface area contributed by atoms with Crippen molar-refractivity contribution in [3.63, 3.8) is 0 Å². The topological polar surface area (TPSA) is 127 Å². The van der Waals surface area contributed by atoms with E-state index in [9.17, 15) is 29.3 Å². The molecule has 0 unspecified atom stereocenters. The van der Waals surface area contributed by atoms with Gasteiger partial charge in [-0.25, -0.2) is 4.90 Å². The first-order chi connectivity index (χ1) is 17.3. The van der Waals surface area contributed by atoms with E-state index in [0.29, 0.717) is 0 Å². The average molecular weight is 485 g/mol. The van der Waals surface area contributed by atoms with E-state index >= 15 is 0 Å². The van der Waals surface area contributed by atoms with Crippen LogP contribution in [-0.4, -0.2) is 35.2 Å². The summed E-state index contributed by atoms with van der Waals surface area (Å²) in [7, 11) is 0. The smallest absolute Gasteiger partial charge is 0.316 e. The lowest BCUT2D eigenvalue weighted by Gasteiger charge is -2.19. The monoisotopic (exact) mass is 485 g/mol. The molecule has 3 aromatic carbocycles. The Balaban J connectivity index is 1.35. The zero-order chi connectivity index (χ0) is 25.6. The number of imide groups is 1. The Morgan fingerprint density at radius 1 is 1.00 bits per heavy atom. The number of aryl methyl sites for hydroxylation is 1. The van der Waals surface area contributed by atoms with Crippen LogP contribution in [-0.2, 0) is 9.59 Å². The molecule has 0 radical (unpaired) electrons. The van der Waals surface area contributed by atoms with Gasteiger partial charge >= 0.3 is 5.97 Å². The van der Waals surface area contributed by atoms with Crippen molar-refractivity contribution in [3.8, 4) is 5.75 Å². The summed E-state index contributed by atoms with van der Waals surface area (Å²) in [5.41, 5.74) is 0.936. The van der Waals surface area contributed by atoms with Gasteiger partial charge in [0.2, 0.25) is 5.91 Å². The second-order valence-corrected chi connectivity index (χ2v) is 8.51. The molecule has 36 heavy (non-hydrogen) atoms. The lowest BCUT2D eigenvalue weighted by Crippen LogP contribution is -2.29. The number of ether oxygens (including phenoxy) is 1. The molecule has 0 saturated carbocycles. The van der Waals surface area contributed by atoms with E-state index in [4.69, 9.17) is 4.74 Å². The number of fused-ring (bicyclic) bond motifs is 1. The molecule has 1 atom stereocenters. The largest absolute Gasteiger partial charge is 0.426 e. The molecule has 0 bridgehead atoms. The van der Waals surface area contributed by atoms with E-state index in [1.54, 1.807) is 4.90 Å². The molecular formula is C26H19N3O7. The van der Waals surface area contributed by atoms with Crippen LogP contribution in [0.1, 0.15) is 32.7 Å². The summed E-state index contributed by atoms with van der Waals surface area (Å²) < 4.78 is 5.50. The molecule has 0 aliphatic carbocycles. The lowest BCUT2D eigenvalue weighted by atomic mass is 10.1. The van der Waals surface area contributed by atoms with Crippen LogP contribution >= 0.6 is 0 Å². The molecular weight excluding hydrogens is 466 g/mol. The van der Waals surface area contributed by atoms with Crippen LogP contribution in [0.4, 0.5) is 17.1 Å². The number of para-hydroxylation sites is 1. The van der Waals surface area contributed by atoms with Crippen molar-refractivity contribution in [2.24, 2.45) is 5.92 Å². The van der Waals surface area contributed by atoms with Gasteiger partial charge in [-0.2, -0.15) is 0 Å². The van der Waals surface area contributed by atoms with Crippen molar-refractivity contribution >= 4 is 40.8 Å². The minimum atomic E-state index is -0.832. The molecule has 0 aromatic heterocycles. The Morgan fingerprint density at radius 3 is 2.50 bits per heavy atom. The number of hydrogen-bond donors (Lipinski definition) is 0. The zero-order valence-electron chi connectivity index (χ0n) is 19.0. The number of hydrogen-bond acceptors (Lipinski definition) is 7. The number of nitro groups is 1. The second kappa shape index (κ2) is 8.73. The van der Waals surface area contributed by atoms with Gasteiger partial charge in [-0.15, -0.1) is 0 Å². The van der Waals surface area contributed by atoms with Crippen molar-refractivity contribution in [2.75, 3.05) is 16.3 Å². The van der Waals surface area contributed by atoms with Crippen LogP contribution in [0.2, 0.25) is 0 Å². The highest BCUT2D eigenvalue weighted by molar-refractivity contribution is 6.35. The molecule has 2 aliphatic heterocycles. The molecule has 3 aromatic rings. The maximum absolute atomic E-state index is 13.0. The molecule has 2 heterocycles. The summed E-state index contributed by atoms with van der Waals surface area (Å²) in [5.74, 6) is -2.96. The summed E-state index contributed by atoms with van der Waals surface area (Å²) in [6.45, 7) is 2.05.